The summed E-state index contributed by atoms with van der Waals surface area (Å²) in [6, 6.07) is -0.867. The average molecular weight is 471 g/mol. The molecule has 1 aliphatic rings. The molecule has 1 aromatic heterocycles. The van der Waals surface area contributed by atoms with Crippen LogP contribution in [0.5, 0.6) is 0 Å². The van der Waals surface area contributed by atoms with Crippen molar-refractivity contribution in [3.05, 3.63) is 10.6 Å². The van der Waals surface area contributed by atoms with Gasteiger partial charge in [0.05, 0.1) is 36.4 Å². The van der Waals surface area contributed by atoms with Crippen molar-refractivity contribution in [1.82, 2.24) is 20.2 Å². The molecule has 2 N–H and O–H groups in total. The summed E-state index contributed by atoms with van der Waals surface area (Å²) in [5.41, 5.74) is 0.625. The van der Waals surface area contributed by atoms with Crippen LogP contribution in [0.4, 0.5) is 4.79 Å². The first kappa shape index (κ1) is 25.8. The van der Waals surface area contributed by atoms with E-state index >= 15 is 0 Å². The summed E-state index contributed by atoms with van der Waals surface area (Å²) in [6.07, 6.45) is -0.272. The first-order chi connectivity index (χ1) is 15.3. The molecule has 0 radical (unpaired) electrons. The van der Waals surface area contributed by atoms with E-state index in [1.807, 2.05) is 0 Å². The van der Waals surface area contributed by atoms with Gasteiger partial charge in [-0.25, -0.2) is 4.79 Å². The topological polar surface area (TPSA) is 146 Å². The minimum absolute atomic E-state index is 0.0233. The molecule has 0 spiro atoms. The largest absolute Gasteiger partial charge is 0.447 e. The van der Waals surface area contributed by atoms with E-state index in [2.05, 4.69) is 20.2 Å². The van der Waals surface area contributed by atoms with Crippen molar-refractivity contribution in [3.8, 4) is 0 Å². The number of carbonyl (C=O) groups is 4. The quantitative estimate of drug-likeness (QED) is 0.345. The maximum Gasteiger partial charge on any atom is 0.407 e. The average Bonchev–Trinajstić information content (AvgIpc) is 3.20. The summed E-state index contributed by atoms with van der Waals surface area (Å²) in [6.45, 7) is 4.90. The highest BCUT2D eigenvalue weighted by Crippen LogP contribution is 2.21. The molecule has 32 heavy (non-hydrogen) atoms. The van der Waals surface area contributed by atoms with Crippen LogP contribution in [-0.4, -0.2) is 79.3 Å². The number of amides is 2. The van der Waals surface area contributed by atoms with Crippen LogP contribution in [0.15, 0.2) is 0 Å². The van der Waals surface area contributed by atoms with E-state index in [9.17, 15) is 19.2 Å². The molecule has 2 unspecified atom stereocenters. The zero-order valence-corrected chi connectivity index (χ0v) is 19.4. The Kier molecular flexibility index (Phi) is 10.6. The van der Waals surface area contributed by atoms with Gasteiger partial charge in [-0.1, -0.05) is 18.3 Å². The fourth-order valence-electron chi connectivity index (χ4n) is 3.22. The Balaban J connectivity index is 1.97. The molecule has 0 saturated heterocycles. The molecular weight excluding hydrogens is 440 g/mol. The maximum atomic E-state index is 13.0. The van der Waals surface area contributed by atoms with Crippen molar-refractivity contribution in [2.75, 3.05) is 40.1 Å². The predicted octanol–water partition coefficient (Wildman–Crippen LogP) is 0.311. The summed E-state index contributed by atoms with van der Waals surface area (Å²) in [4.78, 5) is 50.8. The Morgan fingerprint density at radius 1 is 1.22 bits per heavy atom. The highest BCUT2D eigenvalue weighted by Gasteiger charge is 2.34. The van der Waals surface area contributed by atoms with Gasteiger partial charge in [-0.2, -0.15) is 0 Å². The molecule has 178 valence electrons. The van der Waals surface area contributed by atoms with E-state index in [-0.39, 0.29) is 37.8 Å². The van der Waals surface area contributed by atoms with Gasteiger partial charge in [0.1, 0.15) is 6.61 Å². The zero-order valence-electron chi connectivity index (χ0n) is 18.5. The molecule has 0 bridgehead atoms. The van der Waals surface area contributed by atoms with Crippen molar-refractivity contribution in [2.24, 2.45) is 11.8 Å². The molecule has 12 heteroatoms. The van der Waals surface area contributed by atoms with Crippen molar-refractivity contribution in [1.29, 1.82) is 0 Å². The lowest BCUT2D eigenvalue weighted by Gasteiger charge is -2.23. The van der Waals surface area contributed by atoms with Gasteiger partial charge in [-0.3, -0.25) is 14.4 Å². The molecule has 0 aliphatic carbocycles. The molecule has 1 aromatic rings. The lowest BCUT2D eigenvalue weighted by molar-refractivity contribution is -0.141. The molecule has 1 aliphatic heterocycles. The minimum atomic E-state index is -0.878. The summed E-state index contributed by atoms with van der Waals surface area (Å²) in [5.74, 6) is -2.87. The third-order valence-electron chi connectivity index (χ3n) is 4.93. The SMILES string of the molecule is COCCOCCOC(=O)NC(C(=O)CC1Cc2nnsc2CCNC(=O)C1=O)C(C)C. The number of fused-ring (bicyclic) bond motifs is 1. The number of ketones is 2. The van der Waals surface area contributed by atoms with Gasteiger partial charge in [0.15, 0.2) is 5.78 Å². The summed E-state index contributed by atoms with van der Waals surface area (Å²) >= 11 is 1.21. The molecule has 2 atom stereocenters. The molecular formula is C20H30N4O7S. The standard InChI is InChI=1S/C20H30N4O7S/c1-12(2)17(22-20(28)31-9-8-30-7-6-29-3)15(25)11-13-10-14-16(32-24-23-14)4-5-21-19(27)18(13)26/h12-13,17H,4-11H2,1-3H3,(H,21,27)(H,22,28). The number of nitrogens with zero attached hydrogens (tertiary/aromatic N) is 2. The predicted molar refractivity (Wildman–Crippen MR) is 114 cm³/mol. The van der Waals surface area contributed by atoms with Crippen LogP contribution in [-0.2, 0) is 41.4 Å². The Morgan fingerprint density at radius 3 is 2.69 bits per heavy atom. The molecule has 0 aromatic carbocycles. The van der Waals surface area contributed by atoms with Crippen LogP contribution in [0.1, 0.15) is 30.8 Å². The first-order valence-corrected chi connectivity index (χ1v) is 11.3. The molecule has 0 fully saturated rings. The smallest absolute Gasteiger partial charge is 0.407 e. The number of ether oxygens (including phenoxy) is 3. The highest BCUT2D eigenvalue weighted by molar-refractivity contribution is 7.05. The lowest BCUT2D eigenvalue weighted by Crippen LogP contribution is -2.46. The third kappa shape index (κ3) is 7.92. The maximum absolute atomic E-state index is 13.0. The number of nitrogens with one attached hydrogen (secondary N) is 2. The summed E-state index contributed by atoms with van der Waals surface area (Å²) in [5, 5.41) is 9.20. The monoisotopic (exact) mass is 470 g/mol. The van der Waals surface area contributed by atoms with Gasteiger partial charge in [-0.15, -0.1) is 5.10 Å². The van der Waals surface area contributed by atoms with Crippen LogP contribution in [0.2, 0.25) is 0 Å². The van der Waals surface area contributed by atoms with Gasteiger partial charge in [-0.05, 0) is 17.5 Å². The van der Waals surface area contributed by atoms with Gasteiger partial charge in [0.25, 0.3) is 5.91 Å². The van der Waals surface area contributed by atoms with E-state index < -0.39 is 29.7 Å². The normalized spacial score (nSPS) is 17.6. The number of hydrogen-bond donors (Lipinski definition) is 2. The van der Waals surface area contributed by atoms with Gasteiger partial charge in [0, 0.05) is 38.8 Å². The minimum Gasteiger partial charge on any atom is -0.447 e. The first-order valence-electron chi connectivity index (χ1n) is 10.5. The second kappa shape index (κ2) is 13.2. The number of rotatable bonds is 11. The van der Waals surface area contributed by atoms with Crippen LogP contribution in [0, 0.1) is 11.8 Å². The number of carbonyl (C=O) groups excluding carboxylic acids is 4. The molecule has 11 nitrogen and oxygen atoms in total. The molecule has 2 amide bonds. The van der Waals surface area contributed by atoms with Crippen LogP contribution >= 0.6 is 11.5 Å². The van der Waals surface area contributed by atoms with Gasteiger partial charge < -0.3 is 24.8 Å². The fourth-order valence-corrected chi connectivity index (χ4v) is 3.88. The highest BCUT2D eigenvalue weighted by atomic mass is 32.1. The second-order valence-electron chi connectivity index (χ2n) is 7.69. The Labute approximate surface area is 190 Å². The van der Waals surface area contributed by atoms with Crippen LogP contribution < -0.4 is 10.6 Å². The van der Waals surface area contributed by atoms with E-state index in [0.717, 1.165) is 4.88 Å². The zero-order chi connectivity index (χ0) is 23.5. The number of methoxy groups -OCH3 is 1. The summed E-state index contributed by atoms with van der Waals surface area (Å²) < 4.78 is 19.0. The second-order valence-corrected chi connectivity index (χ2v) is 8.53. The number of Topliss-reactive ketones (excluding diaryl/α,β-unsaturated/α-hetero) is 2. The lowest BCUT2D eigenvalue weighted by atomic mass is 9.87. The van der Waals surface area contributed by atoms with E-state index in [1.165, 1.54) is 11.5 Å². The number of aromatic nitrogens is 2. The van der Waals surface area contributed by atoms with Crippen molar-refractivity contribution in [2.45, 2.75) is 39.2 Å². The van der Waals surface area contributed by atoms with Gasteiger partial charge in [0.2, 0.25) is 5.78 Å². The number of alkyl carbamates (subject to hydrolysis) is 1. The number of hydrogen-bond acceptors (Lipinski definition) is 10. The Morgan fingerprint density at radius 2 is 1.97 bits per heavy atom. The third-order valence-corrected chi connectivity index (χ3v) is 5.76. The Hall–Kier alpha value is -2.44. The van der Waals surface area contributed by atoms with Crippen molar-refractivity contribution < 1.29 is 33.4 Å². The summed E-state index contributed by atoms with van der Waals surface area (Å²) in [7, 11) is 1.56. The molecule has 2 heterocycles. The van der Waals surface area contributed by atoms with E-state index in [1.54, 1.807) is 21.0 Å². The fraction of sp³-hybridized carbons (Fsp3) is 0.700. The molecule has 0 saturated carbocycles. The van der Waals surface area contributed by atoms with E-state index in [4.69, 9.17) is 14.2 Å². The van der Waals surface area contributed by atoms with Crippen LogP contribution in [0.3, 0.4) is 0 Å². The van der Waals surface area contributed by atoms with E-state index in [0.29, 0.717) is 31.9 Å². The Bertz CT molecular complexity index is 799. The van der Waals surface area contributed by atoms with Crippen LogP contribution in [0.25, 0.3) is 0 Å². The van der Waals surface area contributed by atoms with Crippen molar-refractivity contribution in [3.63, 3.8) is 0 Å². The molecule has 2 rings (SSSR count). The van der Waals surface area contributed by atoms with Crippen molar-refractivity contribution >= 4 is 35.1 Å². The van der Waals surface area contributed by atoms with Gasteiger partial charge >= 0.3 is 6.09 Å².